The van der Waals surface area contributed by atoms with Crippen molar-refractivity contribution in [1.29, 1.82) is 0 Å². The molecule has 2 saturated carbocycles. The van der Waals surface area contributed by atoms with Crippen LogP contribution in [0.15, 0.2) is 18.5 Å². The molecular formula is C16H23NO. The van der Waals surface area contributed by atoms with Crippen molar-refractivity contribution in [2.45, 2.75) is 63.9 Å². The summed E-state index contributed by atoms with van der Waals surface area (Å²) in [5, 5.41) is 10.9. The highest BCUT2D eigenvalue weighted by molar-refractivity contribution is 5.24. The van der Waals surface area contributed by atoms with Gasteiger partial charge in [0.1, 0.15) is 0 Å². The highest BCUT2D eigenvalue weighted by Gasteiger charge is 2.43. The standard InChI is InChI=1S/C16H23NO/c1-13-10-14(12-17-11-13)16(18)8-6-15(7-9-16)4-2-3-5-15/h10-12,18H,2-9H2,1H3. The molecule has 18 heavy (non-hydrogen) atoms. The van der Waals surface area contributed by atoms with E-state index in [1.165, 1.54) is 38.5 Å². The predicted octanol–water partition coefficient (Wildman–Crippen LogP) is 3.71. The van der Waals surface area contributed by atoms with Gasteiger partial charge in [0.2, 0.25) is 0 Å². The zero-order valence-electron chi connectivity index (χ0n) is 11.3. The van der Waals surface area contributed by atoms with Gasteiger partial charge in [0.25, 0.3) is 0 Å². The van der Waals surface area contributed by atoms with E-state index in [0.717, 1.165) is 24.0 Å². The van der Waals surface area contributed by atoms with Crippen molar-refractivity contribution in [2.24, 2.45) is 5.41 Å². The molecule has 3 rings (SSSR count). The third kappa shape index (κ3) is 2.07. The lowest BCUT2D eigenvalue weighted by molar-refractivity contribution is -0.0379. The van der Waals surface area contributed by atoms with Gasteiger partial charge in [-0.3, -0.25) is 4.98 Å². The summed E-state index contributed by atoms with van der Waals surface area (Å²) >= 11 is 0. The maximum atomic E-state index is 10.9. The van der Waals surface area contributed by atoms with Gasteiger partial charge in [-0.15, -0.1) is 0 Å². The van der Waals surface area contributed by atoms with Crippen LogP contribution in [0.2, 0.25) is 0 Å². The first-order valence-corrected chi connectivity index (χ1v) is 7.27. The van der Waals surface area contributed by atoms with Gasteiger partial charge < -0.3 is 5.11 Å². The summed E-state index contributed by atoms with van der Waals surface area (Å²) in [5.41, 5.74) is 2.12. The van der Waals surface area contributed by atoms with Crippen molar-refractivity contribution < 1.29 is 5.11 Å². The number of nitrogens with zero attached hydrogens (tertiary/aromatic N) is 1. The van der Waals surface area contributed by atoms with Crippen LogP contribution in [0.5, 0.6) is 0 Å². The molecule has 1 aromatic rings. The Kier molecular flexibility index (Phi) is 2.93. The molecule has 2 heteroatoms. The van der Waals surface area contributed by atoms with Gasteiger partial charge >= 0.3 is 0 Å². The molecule has 1 spiro atoms. The third-order valence-corrected chi connectivity index (χ3v) is 5.21. The minimum Gasteiger partial charge on any atom is -0.385 e. The molecule has 0 radical (unpaired) electrons. The predicted molar refractivity (Wildman–Crippen MR) is 72.2 cm³/mol. The molecule has 0 bridgehead atoms. The summed E-state index contributed by atoms with van der Waals surface area (Å²) in [4.78, 5) is 4.23. The molecule has 2 aliphatic carbocycles. The van der Waals surface area contributed by atoms with E-state index in [9.17, 15) is 5.11 Å². The normalized spacial score (nSPS) is 25.4. The summed E-state index contributed by atoms with van der Waals surface area (Å²) in [6.07, 6.45) is 13.5. The zero-order valence-corrected chi connectivity index (χ0v) is 11.3. The van der Waals surface area contributed by atoms with Crippen LogP contribution < -0.4 is 0 Å². The van der Waals surface area contributed by atoms with E-state index in [4.69, 9.17) is 0 Å². The van der Waals surface area contributed by atoms with Crippen molar-refractivity contribution >= 4 is 0 Å². The minimum absolute atomic E-state index is 0.573. The van der Waals surface area contributed by atoms with E-state index < -0.39 is 5.60 Å². The summed E-state index contributed by atoms with van der Waals surface area (Å²) < 4.78 is 0. The van der Waals surface area contributed by atoms with Crippen LogP contribution in [0.3, 0.4) is 0 Å². The van der Waals surface area contributed by atoms with Gasteiger partial charge in [0, 0.05) is 18.0 Å². The average Bonchev–Trinajstić information content (AvgIpc) is 2.83. The minimum atomic E-state index is -0.618. The van der Waals surface area contributed by atoms with Crippen molar-refractivity contribution in [3.63, 3.8) is 0 Å². The lowest BCUT2D eigenvalue weighted by Gasteiger charge is -2.42. The van der Waals surface area contributed by atoms with E-state index in [0.29, 0.717) is 5.41 Å². The third-order valence-electron chi connectivity index (χ3n) is 5.21. The summed E-state index contributed by atoms with van der Waals surface area (Å²) in [6, 6.07) is 2.10. The first-order chi connectivity index (χ1) is 8.62. The van der Waals surface area contributed by atoms with Crippen molar-refractivity contribution in [1.82, 2.24) is 4.98 Å². The summed E-state index contributed by atoms with van der Waals surface area (Å²) in [5.74, 6) is 0. The fourth-order valence-electron chi connectivity index (χ4n) is 3.92. The average molecular weight is 245 g/mol. The topological polar surface area (TPSA) is 33.1 Å². The van der Waals surface area contributed by atoms with Crippen LogP contribution in [0.4, 0.5) is 0 Å². The highest BCUT2D eigenvalue weighted by Crippen LogP contribution is 2.53. The number of aliphatic hydroxyl groups is 1. The first-order valence-electron chi connectivity index (χ1n) is 7.27. The lowest BCUT2D eigenvalue weighted by atomic mass is 9.66. The van der Waals surface area contributed by atoms with Crippen LogP contribution in [-0.2, 0) is 5.60 Å². The molecule has 1 heterocycles. The maximum Gasteiger partial charge on any atom is 0.0911 e. The summed E-state index contributed by atoms with van der Waals surface area (Å²) in [7, 11) is 0. The Morgan fingerprint density at radius 1 is 1.00 bits per heavy atom. The Bertz CT molecular complexity index is 424. The quantitative estimate of drug-likeness (QED) is 0.818. The van der Waals surface area contributed by atoms with E-state index in [1.807, 2.05) is 19.3 Å². The van der Waals surface area contributed by atoms with Gasteiger partial charge in [-0.05, 0) is 56.4 Å². The Morgan fingerprint density at radius 3 is 2.28 bits per heavy atom. The second kappa shape index (κ2) is 4.34. The summed E-state index contributed by atoms with van der Waals surface area (Å²) in [6.45, 7) is 2.04. The monoisotopic (exact) mass is 245 g/mol. The molecule has 0 aliphatic heterocycles. The molecule has 2 nitrogen and oxygen atoms in total. The molecule has 0 atom stereocenters. The molecule has 1 N–H and O–H groups in total. The fraction of sp³-hybridized carbons (Fsp3) is 0.688. The van der Waals surface area contributed by atoms with Crippen molar-refractivity contribution in [3.05, 3.63) is 29.6 Å². The number of aromatic nitrogens is 1. The number of pyridine rings is 1. The molecule has 0 amide bonds. The zero-order chi connectivity index (χ0) is 12.6. The smallest absolute Gasteiger partial charge is 0.0911 e. The van der Waals surface area contributed by atoms with Crippen LogP contribution in [0, 0.1) is 12.3 Å². The van der Waals surface area contributed by atoms with E-state index in [2.05, 4.69) is 11.1 Å². The second-order valence-corrected chi connectivity index (χ2v) is 6.49. The molecule has 0 unspecified atom stereocenters. The van der Waals surface area contributed by atoms with Gasteiger partial charge in [-0.25, -0.2) is 0 Å². The van der Waals surface area contributed by atoms with Gasteiger partial charge in [0.05, 0.1) is 5.60 Å². The number of aryl methyl sites for hydroxylation is 1. The van der Waals surface area contributed by atoms with Gasteiger partial charge in [-0.2, -0.15) is 0 Å². The fourth-order valence-corrected chi connectivity index (χ4v) is 3.92. The van der Waals surface area contributed by atoms with Crippen LogP contribution in [0.1, 0.15) is 62.5 Å². The largest absolute Gasteiger partial charge is 0.385 e. The number of rotatable bonds is 1. The Hall–Kier alpha value is -0.890. The van der Waals surface area contributed by atoms with Crippen LogP contribution in [0.25, 0.3) is 0 Å². The molecule has 2 fully saturated rings. The van der Waals surface area contributed by atoms with Crippen molar-refractivity contribution in [2.75, 3.05) is 0 Å². The Labute approximate surface area is 109 Å². The molecule has 0 aromatic carbocycles. The molecule has 2 aliphatic rings. The van der Waals surface area contributed by atoms with E-state index in [1.54, 1.807) is 0 Å². The molecule has 0 saturated heterocycles. The molecule has 98 valence electrons. The number of hydrogen-bond donors (Lipinski definition) is 1. The van der Waals surface area contributed by atoms with Crippen LogP contribution in [-0.4, -0.2) is 10.1 Å². The van der Waals surface area contributed by atoms with Gasteiger partial charge in [0.15, 0.2) is 0 Å². The van der Waals surface area contributed by atoms with Crippen molar-refractivity contribution in [3.8, 4) is 0 Å². The Balaban J connectivity index is 1.78. The molecular weight excluding hydrogens is 222 g/mol. The second-order valence-electron chi connectivity index (χ2n) is 6.49. The van der Waals surface area contributed by atoms with E-state index >= 15 is 0 Å². The van der Waals surface area contributed by atoms with Crippen LogP contribution >= 0.6 is 0 Å². The lowest BCUT2D eigenvalue weighted by Crippen LogP contribution is -2.36. The van der Waals surface area contributed by atoms with Gasteiger partial charge in [-0.1, -0.05) is 18.9 Å². The first kappa shape index (κ1) is 12.2. The molecule has 1 aromatic heterocycles. The number of hydrogen-bond acceptors (Lipinski definition) is 2. The Morgan fingerprint density at radius 2 is 1.67 bits per heavy atom. The SMILES string of the molecule is Cc1cncc(C2(O)CCC3(CCCC3)CC2)c1. The maximum absolute atomic E-state index is 10.9. The van der Waals surface area contributed by atoms with E-state index in [-0.39, 0.29) is 0 Å². The highest BCUT2D eigenvalue weighted by atomic mass is 16.3.